The fraction of sp³-hybridized carbons (Fsp3) is 0.560. The van der Waals surface area contributed by atoms with Gasteiger partial charge in [-0.3, -0.25) is 9.59 Å². The number of carbonyl (C=O) groups excluding carboxylic acids is 3. The number of aliphatic hydroxyl groups is 3. The molecule has 1 rings (SSSR count). The molecule has 1 aromatic rings. The van der Waals surface area contributed by atoms with Crippen molar-refractivity contribution in [3.63, 3.8) is 0 Å². The number of allylic oxidation sites excluding steroid dienone is 1. The lowest BCUT2D eigenvalue weighted by Crippen LogP contribution is -2.48. The van der Waals surface area contributed by atoms with Gasteiger partial charge in [0, 0.05) is 19.4 Å². The molecule has 190 valence electrons. The molecule has 0 saturated carbocycles. The summed E-state index contributed by atoms with van der Waals surface area (Å²) in [6.07, 6.45) is -3.40. The van der Waals surface area contributed by atoms with E-state index in [1.807, 2.05) is 20.8 Å². The third-order valence-electron chi connectivity index (χ3n) is 4.97. The van der Waals surface area contributed by atoms with Gasteiger partial charge in [-0.05, 0) is 17.5 Å². The zero-order chi connectivity index (χ0) is 25.9. The molecule has 0 spiro atoms. The number of hydrogen-bond acceptors (Lipinski definition) is 8. The summed E-state index contributed by atoms with van der Waals surface area (Å²) >= 11 is 0. The molecular formula is C25H37NO8. The van der Waals surface area contributed by atoms with Crippen LogP contribution in [0.1, 0.15) is 44.5 Å². The maximum atomic E-state index is 12.6. The van der Waals surface area contributed by atoms with Gasteiger partial charge in [-0.2, -0.15) is 0 Å². The molecule has 0 aromatic heterocycles. The number of ketones is 1. The van der Waals surface area contributed by atoms with E-state index in [1.54, 1.807) is 36.4 Å². The number of Topliss-reactive ketones (excluding diaryl/α,β-unsaturated/α-hetero) is 1. The lowest BCUT2D eigenvalue weighted by atomic mass is 9.92. The van der Waals surface area contributed by atoms with Gasteiger partial charge in [0.05, 0.1) is 12.1 Å². The summed E-state index contributed by atoms with van der Waals surface area (Å²) in [6.45, 7) is 7.27. The molecule has 0 aliphatic rings. The van der Waals surface area contributed by atoms with Gasteiger partial charge in [-0.1, -0.05) is 58.0 Å². The summed E-state index contributed by atoms with van der Waals surface area (Å²) in [5, 5.41) is 33.3. The Morgan fingerprint density at radius 3 is 2.24 bits per heavy atom. The molecule has 0 heterocycles. The zero-order valence-electron chi connectivity index (χ0n) is 20.4. The Hall–Kier alpha value is -2.59. The zero-order valence-corrected chi connectivity index (χ0v) is 20.4. The van der Waals surface area contributed by atoms with E-state index in [0.29, 0.717) is 5.56 Å². The second kappa shape index (κ2) is 14.0. The number of methoxy groups -OCH3 is 1. The molecule has 1 amide bonds. The highest BCUT2D eigenvalue weighted by molar-refractivity contribution is 5.90. The van der Waals surface area contributed by atoms with Crippen molar-refractivity contribution < 1.29 is 39.2 Å². The first-order valence-electron chi connectivity index (χ1n) is 11.2. The van der Waals surface area contributed by atoms with Gasteiger partial charge >= 0.3 is 5.97 Å². The molecule has 0 aliphatic heterocycles. The Balaban J connectivity index is 2.52. The van der Waals surface area contributed by atoms with Crippen LogP contribution in [0.15, 0.2) is 42.5 Å². The number of amides is 1. The topological polar surface area (TPSA) is 142 Å². The highest BCUT2D eigenvalue weighted by Crippen LogP contribution is 2.18. The Labute approximate surface area is 200 Å². The number of rotatable bonds is 13. The number of esters is 1. The molecular weight excluding hydrogens is 442 g/mol. The van der Waals surface area contributed by atoms with Crippen LogP contribution in [0.4, 0.5) is 0 Å². The van der Waals surface area contributed by atoms with Crippen LogP contribution in [0.25, 0.3) is 0 Å². The van der Waals surface area contributed by atoms with Crippen LogP contribution in [0.3, 0.4) is 0 Å². The predicted molar refractivity (Wildman–Crippen MR) is 126 cm³/mol. The Morgan fingerprint density at radius 2 is 1.68 bits per heavy atom. The predicted octanol–water partition coefficient (Wildman–Crippen LogP) is 1.25. The van der Waals surface area contributed by atoms with Crippen LogP contribution in [-0.4, -0.2) is 77.7 Å². The number of aliphatic hydroxyl groups excluding tert-OH is 3. The SMILES string of the molecule is CO[C@@H](C(=O)C[C@@H](C)C(=O)NCCOC(=O)c1ccccc1)[C@H](O)[C@@H](O)[C@H](O)/C=C/C(C)(C)C. The molecule has 4 N–H and O–H groups in total. The van der Waals surface area contributed by atoms with Crippen molar-refractivity contribution in [1.29, 1.82) is 0 Å². The average molecular weight is 480 g/mol. The van der Waals surface area contributed by atoms with E-state index in [4.69, 9.17) is 9.47 Å². The minimum atomic E-state index is -1.69. The summed E-state index contributed by atoms with van der Waals surface area (Å²) in [5.74, 6) is -2.31. The van der Waals surface area contributed by atoms with Gasteiger partial charge in [-0.15, -0.1) is 0 Å². The molecule has 1 aromatic carbocycles. The number of benzene rings is 1. The van der Waals surface area contributed by atoms with Crippen molar-refractivity contribution in [2.24, 2.45) is 11.3 Å². The normalized spacial score (nSPS) is 16.4. The third-order valence-corrected chi connectivity index (χ3v) is 4.97. The summed E-state index contributed by atoms with van der Waals surface area (Å²) in [6, 6.07) is 8.44. The summed E-state index contributed by atoms with van der Waals surface area (Å²) in [5.41, 5.74) is 0.156. The van der Waals surface area contributed by atoms with Gasteiger partial charge in [0.25, 0.3) is 0 Å². The van der Waals surface area contributed by atoms with Crippen molar-refractivity contribution in [2.75, 3.05) is 20.3 Å². The standard InChI is InChI=1S/C25H37NO8/c1-16(23(31)26-13-14-34-24(32)17-9-7-6-8-10-17)15-19(28)22(33-5)21(30)20(29)18(27)11-12-25(2,3)4/h6-12,16,18,20-22,27,29-30H,13-15H2,1-5H3,(H,26,31)/b12-11+/t16-,18-,20+,21-,22+/m1/s1. The van der Waals surface area contributed by atoms with Crippen LogP contribution < -0.4 is 5.32 Å². The maximum absolute atomic E-state index is 12.6. The number of hydrogen-bond donors (Lipinski definition) is 4. The van der Waals surface area contributed by atoms with Gasteiger partial charge in [-0.25, -0.2) is 4.79 Å². The van der Waals surface area contributed by atoms with Crippen molar-refractivity contribution in [1.82, 2.24) is 5.32 Å². The lowest BCUT2D eigenvalue weighted by Gasteiger charge is -2.27. The first-order valence-corrected chi connectivity index (χ1v) is 11.2. The number of carbonyl (C=O) groups is 3. The highest BCUT2D eigenvalue weighted by atomic mass is 16.5. The van der Waals surface area contributed by atoms with Crippen molar-refractivity contribution in [2.45, 2.75) is 58.5 Å². The molecule has 0 aliphatic carbocycles. The third kappa shape index (κ3) is 10.1. The first kappa shape index (κ1) is 29.4. The number of ether oxygens (including phenoxy) is 2. The van der Waals surface area contributed by atoms with Crippen molar-refractivity contribution in [3.05, 3.63) is 48.0 Å². The van der Waals surface area contributed by atoms with E-state index < -0.39 is 48.0 Å². The number of nitrogens with one attached hydrogen (secondary N) is 1. The molecule has 0 radical (unpaired) electrons. The van der Waals surface area contributed by atoms with Crippen LogP contribution in [0.2, 0.25) is 0 Å². The quantitative estimate of drug-likeness (QED) is 0.188. The summed E-state index contributed by atoms with van der Waals surface area (Å²) in [7, 11) is 1.20. The molecule has 0 fully saturated rings. The summed E-state index contributed by atoms with van der Waals surface area (Å²) < 4.78 is 10.1. The smallest absolute Gasteiger partial charge is 0.338 e. The maximum Gasteiger partial charge on any atom is 0.338 e. The second-order valence-electron chi connectivity index (χ2n) is 9.22. The fourth-order valence-electron chi connectivity index (χ4n) is 3.00. The van der Waals surface area contributed by atoms with Crippen molar-refractivity contribution >= 4 is 17.7 Å². The Kier molecular flexibility index (Phi) is 12.1. The van der Waals surface area contributed by atoms with Gasteiger partial charge in [0.1, 0.15) is 31.0 Å². The first-order chi connectivity index (χ1) is 15.9. The van der Waals surface area contributed by atoms with E-state index in [0.717, 1.165) is 0 Å². The van der Waals surface area contributed by atoms with Crippen LogP contribution >= 0.6 is 0 Å². The Bertz CT molecular complexity index is 818. The molecule has 5 atom stereocenters. The average Bonchev–Trinajstić information content (AvgIpc) is 2.79. The van der Waals surface area contributed by atoms with E-state index in [9.17, 15) is 29.7 Å². The van der Waals surface area contributed by atoms with E-state index >= 15 is 0 Å². The minimum absolute atomic E-state index is 0.0360. The second-order valence-corrected chi connectivity index (χ2v) is 9.22. The fourth-order valence-corrected chi connectivity index (χ4v) is 3.00. The monoisotopic (exact) mass is 479 g/mol. The molecule has 0 saturated heterocycles. The van der Waals surface area contributed by atoms with Crippen LogP contribution in [0.5, 0.6) is 0 Å². The van der Waals surface area contributed by atoms with Crippen molar-refractivity contribution in [3.8, 4) is 0 Å². The largest absolute Gasteiger partial charge is 0.460 e. The molecule has 34 heavy (non-hydrogen) atoms. The molecule has 9 nitrogen and oxygen atoms in total. The summed E-state index contributed by atoms with van der Waals surface area (Å²) in [4.78, 5) is 36.8. The van der Waals surface area contributed by atoms with E-state index in [2.05, 4.69) is 5.32 Å². The molecule has 9 heteroatoms. The van der Waals surface area contributed by atoms with E-state index in [1.165, 1.54) is 20.1 Å². The van der Waals surface area contributed by atoms with Gasteiger partial charge in [0.15, 0.2) is 5.78 Å². The van der Waals surface area contributed by atoms with E-state index in [-0.39, 0.29) is 25.0 Å². The lowest BCUT2D eigenvalue weighted by molar-refractivity contribution is -0.149. The van der Waals surface area contributed by atoms with Gasteiger partial charge in [0.2, 0.25) is 5.91 Å². The van der Waals surface area contributed by atoms with Crippen LogP contribution in [-0.2, 0) is 19.1 Å². The Morgan fingerprint density at radius 1 is 1.06 bits per heavy atom. The van der Waals surface area contributed by atoms with Crippen LogP contribution in [0, 0.1) is 11.3 Å². The van der Waals surface area contributed by atoms with Gasteiger partial charge < -0.3 is 30.1 Å². The molecule has 0 unspecified atom stereocenters. The minimum Gasteiger partial charge on any atom is -0.460 e. The highest BCUT2D eigenvalue weighted by Gasteiger charge is 2.36. The molecule has 0 bridgehead atoms.